The maximum Gasteiger partial charge on any atom is 0.387 e. The Bertz CT molecular complexity index is 1470. The molecule has 0 unspecified atom stereocenters. The third-order valence-electron chi connectivity index (χ3n) is 6.66. The molecule has 2 aliphatic carbocycles. The number of aromatic nitrogens is 4. The molecule has 4 aromatic rings. The van der Waals surface area contributed by atoms with Crippen molar-refractivity contribution in [1.29, 1.82) is 0 Å². The Labute approximate surface area is 216 Å². The fourth-order valence-electron chi connectivity index (χ4n) is 4.57. The Kier molecular flexibility index (Phi) is 6.11. The fourth-order valence-corrected chi connectivity index (χ4v) is 4.75. The van der Waals surface area contributed by atoms with Crippen molar-refractivity contribution < 1.29 is 18.3 Å². The number of halogens is 3. The number of pyridine rings is 1. The zero-order chi connectivity index (χ0) is 25.5. The number of carbonyl (C=O) groups is 1. The van der Waals surface area contributed by atoms with Gasteiger partial charge >= 0.3 is 6.61 Å². The average molecular weight is 525 g/mol. The molecule has 0 bridgehead atoms. The lowest BCUT2D eigenvalue weighted by atomic mass is 10.1. The summed E-state index contributed by atoms with van der Waals surface area (Å²) >= 11 is 6.05. The van der Waals surface area contributed by atoms with E-state index in [0.29, 0.717) is 41.1 Å². The van der Waals surface area contributed by atoms with Gasteiger partial charge < -0.3 is 19.8 Å². The van der Waals surface area contributed by atoms with Crippen LogP contribution in [0.4, 0.5) is 20.4 Å². The molecule has 3 aromatic heterocycles. The Morgan fingerprint density at radius 3 is 2.78 bits per heavy atom. The zero-order valence-electron chi connectivity index (χ0n) is 19.6. The first-order valence-electron chi connectivity index (χ1n) is 12.0. The molecule has 1 aromatic carbocycles. The molecule has 190 valence electrons. The fraction of sp³-hybridized carbons (Fsp3) is 0.308. The number of anilines is 2. The van der Waals surface area contributed by atoms with Crippen molar-refractivity contribution >= 4 is 34.8 Å². The maximum atomic E-state index is 12.8. The molecule has 11 heteroatoms. The second-order valence-electron chi connectivity index (χ2n) is 9.38. The summed E-state index contributed by atoms with van der Waals surface area (Å²) in [4.78, 5) is 25.8. The largest absolute Gasteiger partial charge is 0.435 e. The number of benzene rings is 1. The predicted molar refractivity (Wildman–Crippen MR) is 134 cm³/mol. The SMILES string of the molecule is O=C(Nc1cc(NCc2cn3cc(C4CC4)ccc3n2)ncn1)[C@H]1C[C@@H]1c1cc(Cl)ccc1OC(F)F. The van der Waals surface area contributed by atoms with Crippen LogP contribution in [0.2, 0.25) is 5.02 Å². The highest BCUT2D eigenvalue weighted by Crippen LogP contribution is 2.51. The third-order valence-corrected chi connectivity index (χ3v) is 6.89. The number of carbonyl (C=O) groups excluding carboxylic acids is 1. The number of hydrogen-bond donors (Lipinski definition) is 2. The number of nitrogens with zero attached hydrogens (tertiary/aromatic N) is 4. The lowest BCUT2D eigenvalue weighted by molar-refractivity contribution is -0.117. The Morgan fingerprint density at radius 2 is 1.97 bits per heavy atom. The standard InChI is InChI=1S/C26H23ClF2N6O2/c27-16-4-5-21(37-26(28)29)19(7-16)18-8-20(18)25(36)34-23-9-22(31-13-32-23)30-10-17-12-35-11-15(14-1-2-14)3-6-24(35)33-17/h3-7,9,11-14,18,20,26H,1-2,8,10H2,(H2,30,31,32,34,36)/t18-,20+/m1/s1. The van der Waals surface area contributed by atoms with E-state index in [9.17, 15) is 13.6 Å². The van der Waals surface area contributed by atoms with E-state index in [1.54, 1.807) is 12.1 Å². The molecule has 8 nitrogen and oxygen atoms in total. The molecule has 37 heavy (non-hydrogen) atoms. The van der Waals surface area contributed by atoms with Gasteiger partial charge in [-0.25, -0.2) is 15.0 Å². The Balaban J connectivity index is 1.08. The molecule has 2 saturated carbocycles. The van der Waals surface area contributed by atoms with E-state index in [4.69, 9.17) is 11.6 Å². The van der Waals surface area contributed by atoms with Gasteiger partial charge in [-0.05, 0) is 66.5 Å². The number of imidazole rings is 1. The number of alkyl halides is 2. The summed E-state index contributed by atoms with van der Waals surface area (Å²) in [5, 5.41) is 6.40. The lowest BCUT2D eigenvalue weighted by Crippen LogP contribution is -2.16. The van der Waals surface area contributed by atoms with Gasteiger partial charge in [-0.1, -0.05) is 17.7 Å². The second kappa shape index (κ2) is 9.59. The molecule has 0 saturated heterocycles. The van der Waals surface area contributed by atoms with E-state index in [-0.39, 0.29) is 17.6 Å². The van der Waals surface area contributed by atoms with Crippen LogP contribution in [-0.2, 0) is 11.3 Å². The number of hydrogen-bond acceptors (Lipinski definition) is 6. The normalized spacial score (nSPS) is 18.7. The molecule has 1 amide bonds. The highest BCUT2D eigenvalue weighted by Gasteiger charge is 2.45. The summed E-state index contributed by atoms with van der Waals surface area (Å²) in [5.74, 6) is 0.662. The van der Waals surface area contributed by atoms with Gasteiger partial charge in [0.2, 0.25) is 5.91 Å². The number of rotatable bonds is 9. The highest BCUT2D eigenvalue weighted by atomic mass is 35.5. The minimum atomic E-state index is -2.96. The maximum absolute atomic E-state index is 12.8. The summed E-state index contributed by atoms with van der Waals surface area (Å²) in [6.45, 7) is -2.50. The van der Waals surface area contributed by atoms with Crippen molar-refractivity contribution in [3.05, 3.63) is 77.0 Å². The summed E-state index contributed by atoms with van der Waals surface area (Å²) in [6, 6.07) is 10.3. The minimum Gasteiger partial charge on any atom is -0.435 e. The van der Waals surface area contributed by atoms with Crippen LogP contribution in [0.5, 0.6) is 5.75 Å². The molecule has 2 atom stereocenters. The van der Waals surface area contributed by atoms with Crippen LogP contribution in [-0.4, -0.2) is 31.9 Å². The quantitative estimate of drug-likeness (QED) is 0.295. The van der Waals surface area contributed by atoms with Gasteiger partial charge in [-0.15, -0.1) is 0 Å². The van der Waals surface area contributed by atoms with Crippen molar-refractivity contribution in [3.8, 4) is 5.75 Å². The van der Waals surface area contributed by atoms with Crippen LogP contribution >= 0.6 is 11.6 Å². The van der Waals surface area contributed by atoms with Crippen LogP contribution < -0.4 is 15.4 Å². The van der Waals surface area contributed by atoms with Gasteiger partial charge in [-0.3, -0.25) is 4.79 Å². The van der Waals surface area contributed by atoms with Gasteiger partial charge in [0, 0.05) is 29.4 Å². The van der Waals surface area contributed by atoms with Crippen LogP contribution in [0.1, 0.15) is 47.9 Å². The van der Waals surface area contributed by atoms with Gasteiger partial charge in [0.25, 0.3) is 0 Å². The predicted octanol–water partition coefficient (Wildman–Crippen LogP) is 5.61. The van der Waals surface area contributed by atoms with Crippen LogP contribution in [0.15, 0.2) is 55.1 Å². The molecule has 0 spiro atoms. The Hall–Kier alpha value is -3.79. The van der Waals surface area contributed by atoms with E-state index in [1.807, 2.05) is 16.7 Å². The van der Waals surface area contributed by atoms with Gasteiger partial charge in [-0.2, -0.15) is 8.78 Å². The van der Waals surface area contributed by atoms with Gasteiger partial charge in [0.15, 0.2) is 0 Å². The smallest absolute Gasteiger partial charge is 0.387 e. The number of fused-ring (bicyclic) bond motifs is 1. The third kappa shape index (κ3) is 5.34. The summed E-state index contributed by atoms with van der Waals surface area (Å²) in [6.07, 6.45) is 8.48. The van der Waals surface area contributed by atoms with Crippen LogP contribution in [0, 0.1) is 5.92 Å². The molecular formula is C26H23ClF2N6O2. The first-order chi connectivity index (χ1) is 17.9. The molecular weight excluding hydrogens is 502 g/mol. The summed E-state index contributed by atoms with van der Waals surface area (Å²) in [7, 11) is 0. The Morgan fingerprint density at radius 1 is 1.14 bits per heavy atom. The van der Waals surface area contributed by atoms with E-state index < -0.39 is 12.5 Å². The highest BCUT2D eigenvalue weighted by molar-refractivity contribution is 6.30. The minimum absolute atomic E-state index is 0.0314. The molecule has 2 fully saturated rings. The van der Waals surface area contributed by atoms with E-state index in [2.05, 4.69) is 42.6 Å². The first-order valence-corrected chi connectivity index (χ1v) is 12.4. The number of nitrogens with one attached hydrogen (secondary N) is 2. The lowest BCUT2D eigenvalue weighted by Gasteiger charge is -2.11. The molecule has 3 heterocycles. The van der Waals surface area contributed by atoms with Crippen molar-refractivity contribution in [2.45, 2.75) is 44.3 Å². The second-order valence-corrected chi connectivity index (χ2v) is 9.81. The number of ether oxygens (including phenoxy) is 1. The molecule has 0 radical (unpaired) electrons. The summed E-state index contributed by atoms with van der Waals surface area (Å²) < 4.78 is 32.2. The summed E-state index contributed by atoms with van der Waals surface area (Å²) in [5.41, 5.74) is 3.58. The molecule has 0 aliphatic heterocycles. The van der Waals surface area contributed by atoms with Crippen LogP contribution in [0.3, 0.4) is 0 Å². The number of amides is 1. The van der Waals surface area contributed by atoms with Crippen molar-refractivity contribution in [3.63, 3.8) is 0 Å². The average Bonchev–Trinajstić information content (AvgIpc) is 3.80. The topological polar surface area (TPSA) is 93.4 Å². The van der Waals surface area contributed by atoms with Crippen molar-refractivity contribution in [2.24, 2.45) is 5.92 Å². The van der Waals surface area contributed by atoms with Gasteiger partial charge in [0.05, 0.1) is 12.2 Å². The zero-order valence-corrected chi connectivity index (χ0v) is 20.3. The van der Waals surface area contributed by atoms with E-state index >= 15 is 0 Å². The molecule has 2 aliphatic rings. The van der Waals surface area contributed by atoms with Crippen molar-refractivity contribution in [1.82, 2.24) is 19.4 Å². The van der Waals surface area contributed by atoms with Crippen molar-refractivity contribution in [2.75, 3.05) is 10.6 Å². The first kappa shape index (κ1) is 23.6. The monoisotopic (exact) mass is 524 g/mol. The molecule has 2 N–H and O–H groups in total. The van der Waals surface area contributed by atoms with E-state index in [1.165, 1.54) is 36.9 Å². The van der Waals surface area contributed by atoms with Gasteiger partial charge in [0.1, 0.15) is 29.4 Å². The van der Waals surface area contributed by atoms with Crippen LogP contribution in [0.25, 0.3) is 5.65 Å². The van der Waals surface area contributed by atoms with E-state index in [0.717, 1.165) is 11.3 Å². The molecule has 6 rings (SSSR count).